The minimum Gasteiger partial charge on any atom is -0.338 e. The molecule has 0 saturated carbocycles. The molecule has 1 atom stereocenters. The maximum Gasteiger partial charge on any atom is 0.291 e. The predicted octanol–water partition coefficient (Wildman–Crippen LogP) is 2.81. The Morgan fingerprint density at radius 2 is 2.24 bits per heavy atom. The first kappa shape index (κ1) is 16.3. The van der Waals surface area contributed by atoms with E-state index in [4.69, 9.17) is 0 Å². The van der Waals surface area contributed by atoms with Gasteiger partial charge in [-0.05, 0) is 50.1 Å². The summed E-state index contributed by atoms with van der Waals surface area (Å²) in [5.41, 5.74) is 0.389. The Bertz CT molecular complexity index is 1000. The normalized spacial score (nSPS) is 18.3. The van der Waals surface area contributed by atoms with Crippen LogP contribution in [-0.4, -0.2) is 37.6 Å². The molecule has 0 spiro atoms. The zero-order valence-corrected chi connectivity index (χ0v) is 15.4. The summed E-state index contributed by atoms with van der Waals surface area (Å²) in [6.07, 6.45) is 4.22. The highest BCUT2D eigenvalue weighted by Gasteiger charge is 2.26. The lowest BCUT2D eigenvalue weighted by Crippen LogP contribution is -2.46. The number of hydrogen-bond acceptors (Lipinski definition) is 4. The van der Waals surface area contributed by atoms with Crippen LogP contribution in [-0.2, 0) is 11.3 Å². The van der Waals surface area contributed by atoms with E-state index < -0.39 is 0 Å². The third-order valence-corrected chi connectivity index (χ3v) is 6.07. The van der Waals surface area contributed by atoms with Gasteiger partial charge in [-0.3, -0.25) is 14.0 Å². The molecule has 4 heterocycles. The second kappa shape index (κ2) is 6.29. The van der Waals surface area contributed by atoms with Crippen LogP contribution in [0.25, 0.3) is 15.7 Å². The van der Waals surface area contributed by atoms with Crippen molar-refractivity contribution < 1.29 is 4.79 Å². The summed E-state index contributed by atoms with van der Waals surface area (Å²) in [7, 11) is 0. The van der Waals surface area contributed by atoms with Crippen LogP contribution in [0, 0.1) is 6.92 Å². The number of piperidine rings is 1. The molecule has 25 heavy (non-hydrogen) atoms. The molecule has 1 aliphatic heterocycles. The Morgan fingerprint density at radius 1 is 1.40 bits per heavy atom. The smallest absolute Gasteiger partial charge is 0.291 e. The van der Waals surface area contributed by atoms with E-state index in [1.54, 1.807) is 11.3 Å². The maximum absolute atomic E-state index is 12.8. The molecule has 1 saturated heterocycles. The Balaban J connectivity index is 1.70. The molecule has 6 nitrogen and oxygen atoms in total. The minimum absolute atomic E-state index is 0.00160. The Hall–Kier alpha value is -2.15. The van der Waals surface area contributed by atoms with Crippen LogP contribution in [0.5, 0.6) is 0 Å². The van der Waals surface area contributed by atoms with Crippen molar-refractivity contribution in [2.75, 3.05) is 6.54 Å². The Labute approximate surface area is 149 Å². The summed E-state index contributed by atoms with van der Waals surface area (Å²) < 4.78 is 3.22. The van der Waals surface area contributed by atoms with Gasteiger partial charge < -0.3 is 4.90 Å². The van der Waals surface area contributed by atoms with Gasteiger partial charge in [0.15, 0.2) is 0 Å². The van der Waals surface area contributed by atoms with Crippen LogP contribution in [0.4, 0.5) is 0 Å². The van der Waals surface area contributed by atoms with E-state index >= 15 is 0 Å². The molecule has 1 fully saturated rings. The van der Waals surface area contributed by atoms with Crippen LogP contribution in [0.2, 0.25) is 0 Å². The molecule has 1 unspecified atom stereocenters. The Kier molecular flexibility index (Phi) is 4.11. The lowest BCUT2D eigenvalue weighted by molar-refractivity contribution is -0.135. The van der Waals surface area contributed by atoms with Crippen molar-refractivity contribution in [2.24, 2.45) is 0 Å². The van der Waals surface area contributed by atoms with Crippen molar-refractivity contribution in [3.8, 4) is 0 Å². The van der Waals surface area contributed by atoms with Gasteiger partial charge in [0.2, 0.25) is 5.91 Å². The highest BCUT2D eigenvalue weighted by Crippen LogP contribution is 2.24. The van der Waals surface area contributed by atoms with E-state index in [1.165, 1.54) is 11.1 Å². The topological polar surface area (TPSA) is 59.6 Å². The molecule has 7 heteroatoms. The van der Waals surface area contributed by atoms with E-state index in [0.29, 0.717) is 11.6 Å². The van der Waals surface area contributed by atoms with Gasteiger partial charge in [0.25, 0.3) is 5.56 Å². The third kappa shape index (κ3) is 2.66. The number of hydrogen-bond donors (Lipinski definition) is 0. The molecular weight excluding hydrogens is 336 g/mol. The fourth-order valence-corrected chi connectivity index (χ4v) is 4.82. The molecule has 0 radical (unpaired) electrons. The molecule has 1 aliphatic rings. The number of nitrogens with zero attached hydrogens (tertiary/aromatic N) is 4. The van der Waals surface area contributed by atoms with Gasteiger partial charge in [0, 0.05) is 18.0 Å². The van der Waals surface area contributed by atoms with Gasteiger partial charge >= 0.3 is 0 Å². The Morgan fingerprint density at radius 3 is 3.04 bits per heavy atom. The third-order valence-electron chi connectivity index (χ3n) is 5.16. The van der Waals surface area contributed by atoms with Crippen molar-refractivity contribution in [3.63, 3.8) is 0 Å². The van der Waals surface area contributed by atoms with E-state index in [2.05, 4.69) is 12.0 Å². The van der Waals surface area contributed by atoms with Crippen LogP contribution in [0.15, 0.2) is 22.3 Å². The molecule has 0 aliphatic carbocycles. The molecular formula is C18H22N4O2S. The van der Waals surface area contributed by atoms with Crippen molar-refractivity contribution in [1.82, 2.24) is 19.1 Å². The number of carbonyl (C=O) groups excluding carboxylic acids is 1. The summed E-state index contributed by atoms with van der Waals surface area (Å²) in [4.78, 5) is 28.6. The standard InChI is InChI=1S/C18H22N4O2S/c1-3-14-6-4-5-8-20(14)16(23)11-21-17(24)15-10-13-7-9-25-18(13)22(15)12(2)19-21/h7,9-10,14H,3-6,8,11H2,1-2H3. The molecule has 3 aromatic heterocycles. The first-order chi connectivity index (χ1) is 12.1. The summed E-state index contributed by atoms with van der Waals surface area (Å²) in [6, 6.07) is 4.18. The fraction of sp³-hybridized carbons (Fsp3) is 0.500. The van der Waals surface area contributed by atoms with Crippen molar-refractivity contribution in [3.05, 3.63) is 33.7 Å². The van der Waals surface area contributed by atoms with Crippen molar-refractivity contribution in [1.29, 1.82) is 0 Å². The first-order valence-corrected chi connectivity index (χ1v) is 9.74. The number of aryl methyl sites for hydroxylation is 1. The van der Waals surface area contributed by atoms with E-state index in [-0.39, 0.29) is 18.0 Å². The molecule has 0 aromatic carbocycles. The quantitative estimate of drug-likeness (QED) is 0.723. The van der Waals surface area contributed by atoms with Gasteiger partial charge in [-0.2, -0.15) is 5.10 Å². The van der Waals surface area contributed by atoms with Crippen molar-refractivity contribution >= 4 is 33.0 Å². The molecule has 0 bridgehead atoms. The number of fused-ring (bicyclic) bond motifs is 3. The van der Waals surface area contributed by atoms with Crippen LogP contribution in [0.1, 0.15) is 38.4 Å². The monoisotopic (exact) mass is 358 g/mol. The van der Waals surface area contributed by atoms with Gasteiger partial charge in [0.1, 0.15) is 22.7 Å². The number of amides is 1. The van der Waals surface area contributed by atoms with E-state index in [1.807, 2.05) is 33.7 Å². The molecule has 1 amide bonds. The summed E-state index contributed by atoms with van der Waals surface area (Å²) in [5, 5.41) is 7.46. The fourth-order valence-electron chi connectivity index (χ4n) is 3.88. The highest BCUT2D eigenvalue weighted by atomic mass is 32.1. The first-order valence-electron chi connectivity index (χ1n) is 8.86. The second-order valence-electron chi connectivity index (χ2n) is 6.70. The average Bonchev–Trinajstić information content (AvgIpc) is 3.20. The molecule has 0 N–H and O–H groups in total. The second-order valence-corrected chi connectivity index (χ2v) is 7.60. The zero-order valence-electron chi connectivity index (χ0n) is 14.6. The largest absolute Gasteiger partial charge is 0.338 e. The number of carbonyl (C=O) groups is 1. The van der Waals surface area contributed by atoms with E-state index in [9.17, 15) is 9.59 Å². The summed E-state index contributed by atoms with van der Waals surface area (Å²) >= 11 is 1.59. The summed E-state index contributed by atoms with van der Waals surface area (Å²) in [6.45, 7) is 4.80. The van der Waals surface area contributed by atoms with Gasteiger partial charge in [0.05, 0.1) is 0 Å². The van der Waals surface area contributed by atoms with Gasteiger partial charge in [-0.25, -0.2) is 4.68 Å². The number of rotatable bonds is 3. The zero-order chi connectivity index (χ0) is 17.6. The number of aromatic nitrogens is 3. The molecule has 4 rings (SSSR count). The lowest BCUT2D eigenvalue weighted by Gasteiger charge is -2.35. The minimum atomic E-state index is -0.201. The SMILES string of the molecule is CCC1CCCCN1C(=O)Cn1nc(C)n2c(cc3ccsc32)c1=O. The average molecular weight is 358 g/mol. The highest BCUT2D eigenvalue weighted by molar-refractivity contribution is 7.16. The van der Waals surface area contributed by atoms with Crippen molar-refractivity contribution in [2.45, 2.75) is 52.1 Å². The number of thiophene rings is 1. The maximum atomic E-state index is 12.8. The van der Waals surface area contributed by atoms with Gasteiger partial charge in [-0.1, -0.05) is 6.92 Å². The lowest BCUT2D eigenvalue weighted by atomic mass is 10.00. The van der Waals surface area contributed by atoms with Crippen LogP contribution >= 0.6 is 11.3 Å². The molecule has 3 aromatic rings. The van der Waals surface area contributed by atoms with Crippen LogP contribution < -0.4 is 5.56 Å². The van der Waals surface area contributed by atoms with Gasteiger partial charge in [-0.15, -0.1) is 11.3 Å². The number of likely N-dealkylation sites (tertiary alicyclic amines) is 1. The molecule has 132 valence electrons. The van der Waals surface area contributed by atoms with E-state index in [0.717, 1.165) is 41.8 Å². The van der Waals surface area contributed by atoms with Crippen LogP contribution in [0.3, 0.4) is 0 Å². The predicted molar refractivity (Wildman–Crippen MR) is 99.2 cm³/mol. The summed E-state index contributed by atoms with van der Waals surface area (Å²) in [5.74, 6) is 0.726.